The highest BCUT2D eigenvalue weighted by atomic mass is 16.2. The number of aromatic amines is 1. The van der Waals surface area contributed by atoms with E-state index in [9.17, 15) is 9.59 Å². The lowest BCUT2D eigenvalue weighted by Crippen LogP contribution is -2.49. The summed E-state index contributed by atoms with van der Waals surface area (Å²) in [5, 5.41) is 2.70. The summed E-state index contributed by atoms with van der Waals surface area (Å²) in [4.78, 5) is 26.1. The van der Waals surface area contributed by atoms with Gasteiger partial charge in [0.15, 0.2) is 5.43 Å². The highest BCUT2D eigenvalue weighted by Crippen LogP contribution is 2.01. The minimum absolute atomic E-state index is 0.104. The van der Waals surface area contributed by atoms with Gasteiger partial charge in [0.05, 0.1) is 0 Å². The molecule has 0 spiro atoms. The molecule has 5 nitrogen and oxygen atoms in total. The van der Waals surface area contributed by atoms with Crippen molar-refractivity contribution < 1.29 is 4.79 Å². The number of nitrogens with one attached hydrogen (secondary N) is 2. The van der Waals surface area contributed by atoms with E-state index in [-0.39, 0.29) is 11.0 Å². The number of carbonyl (C=O) groups is 1. The third-order valence-corrected chi connectivity index (χ3v) is 2.26. The lowest BCUT2D eigenvalue weighted by molar-refractivity contribution is 0.0914. The summed E-state index contributed by atoms with van der Waals surface area (Å²) < 4.78 is 0. The van der Waals surface area contributed by atoms with E-state index in [1.54, 1.807) is 20.8 Å². The maximum Gasteiger partial charge on any atom is 0.257 e. The molecule has 0 aliphatic carbocycles. The fourth-order valence-electron chi connectivity index (χ4n) is 1.18. The Balaban J connectivity index is 2.94. The first-order chi connectivity index (χ1) is 7.35. The second-order valence-corrected chi connectivity index (χ2v) is 4.44. The predicted octanol–water partition coefficient (Wildman–Crippen LogP) is 0.150. The third-order valence-electron chi connectivity index (χ3n) is 2.26. The molecule has 88 valence electrons. The average Bonchev–Trinajstić information content (AvgIpc) is 2.16. The van der Waals surface area contributed by atoms with Gasteiger partial charge in [-0.05, 0) is 20.8 Å². The van der Waals surface area contributed by atoms with E-state index in [0.717, 1.165) is 5.69 Å². The van der Waals surface area contributed by atoms with Crippen molar-refractivity contribution in [1.82, 2.24) is 10.3 Å². The van der Waals surface area contributed by atoms with Crippen LogP contribution >= 0.6 is 0 Å². The lowest BCUT2D eigenvalue weighted by atomic mass is 10.1. The Hall–Kier alpha value is -1.62. The van der Waals surface area contributed by atoms with Crippen molar-refractivity contribution in [2.45, 2.75) is 26.3 Å². The lowest BCUT2D eigenvalue weighted by Gasteiger charge is -2.23. The molecule has 0 unspecified atom stereocenters. The molecule has 0 radical (unpaired) electrons. The Morgan fingerprint density at radius 3 is 2.69 bits per heavy atom. The fraction of sp³-hybridized carbons (Fsp3) is 0.455. The summed E-state index contributed by atoms with van der Waals surface area (Å²) in [6.45, 7) is 5.66. The third kappa shape index (κ3) is 2.93. The first-order valence-electron chi connectivity index (χ1n) is 5.07. The van der Waals surface area contributed by atoms with Gasteiger partial charge in [-0.3, -0.25) is 9.59 Å². The maximum absolute atomic E-state index is 11.8. The second kappa shape index (κ2) is 4.49. The summed E-state index contributed by atoms with van der Waals surface area (Å²) in [7, 11) is 0. The number of pyridine rings is 1. The van der Waals surface area contributed by atoms with Gasteiger partial charge in [0, 0.05) is 30.0 Å². The SMILES string of the molecule is Cc1cc(=O)c(C(=O)NC(C)(C)CN)c[nH]1. The average molecular weight is 223 g/mol. The largest absolute Gasteiger partial charge is 0.364 e. The minimum atomic E-state index is -0.519. The van der Waals surface area contributed by atoms with Crippen LogP contribution < -0.4 is 16.5 Å². The van der Waals surface area contributed by atoms with Crippen LogP contribution in [-0.2, 0) is 0 Å². The summed E-state index contributed by atoms with van der Waals surface area (Å²) in [5.74, 6) is -0.406. The molecule has 0 saturated heterocycles. The Labute approximate surface area is 94.1 Å². The number of aromatic nitrogens is 1. The first-order valence-corrected chi connectivity index (χ1v) is 5.07. The van der Waals surface area contributed by atoms with Gasteiger partial charge in [-0.2, -0.15) is 0 Å². The molecule has 4 N–H and O–H groups in total. The van der Waals surface area contributed by atoms with Crippen LogP contribution in [0.1, 0.15) is 29.9 Å². The summed E-state index contributed by atoms with van der Waals surface area (Å²) in [5.41, 5.74) is 5.51. The van der Waals surface area contributed by atoms with Crippen LogP contribution in [-0.4, -0.2) is 23.0 Å². The zero-order valence-corrected chi connectivity index (χ0v) is 9.76. The van der Waals surface area contributed by atoms with Crippen LogP contribution in [0.2, 0.25) is 0 Å². The van der Waals surface area contributed by atoms with Crippen molar-refractivity contribution >= 4 is 5.91 Å². The van der Waals surface area contributed by atoms with E-state index in [2.05, 4.69) is 10.3 Å². The molecule has 0 saturated carbocycles. The molecule has 0 aromatic carbocycles. The molecule has 16 heavy (non-hydrogen) atoms. The van der Waals surface area contributed by atoms with Crippen LogP contribution in [0.5, 0.6) is 0 Å². The molecule has 0 atom stereocenters. The van der Waals surface area contributed by atoms with Gasteiger partial charge in [-0.1, -0.05) is 0 Å². The monoisotopic (exact) mass is 223 g/mol. The van der Waals surface area contributed by atoms with Crippen LogP contribution in [0, 0.1) is 6.92 Å². The number of nitrogens with two attached hydrogens (primary N) is 1. The van der Waals surface area contributed by atoms with Crippen LogP contribution in [0.4, 0.5) is 0 Å². The second-order valence-electron chi connectivity index (χ2n) is 4.44. The summed E-state index contributed by atoms with van der Waals surface area (Å²) >= 11 is 0. The van der Waals surface area contributed by atoms with Crippen LogP contribution in [0.25, 0.3) is 0 Å². The smallest absolute Gasteiger partial charge is 0.257 e. The Morgan fingerprint density at radius 2 is 2.19 bits per heavy atom. The number of carbonyl (C=O) groups excluding carboxylic acids is 1. The van der Waals surface area contributed by atoms with Crippen molar-refractivity contribution in [3.05, 3.63) is 33.7 Å². The van der Waals surface area contributed by atoms with Crippen molar-refractivity contribution in [2.24, 2.45) is 5.73 Å². The molecule has 1 rings (SSSR count). The number of H-pyrrole nitrogens is 1. The first kappa shape index (κ1) is 12.4. The van der Waals surface area contributed by atoms with Crippen LogP contribution in [0.15, 0.2) is 17.1 Å². The summed E-state index contributed by atoms with van der Waals surface area (Å²) in [6.07, 6.45) is 1.42. The number of aryl methyl sites for hydroxylation is 1. The number of hydrogen-bond acceptors (Lipinski definition) is 3. The van der Waals surface area contributed by atoms with E-state index >= 15 is 0 Å². The summed E-state index contributed by atoms with van der Waals surface area (Å²) in [6, 6.07) is 1.39. The normalized spacial score (nSPS) is 11.2. The van der Waals surface area contributed by atoms with Gasteiger partial charge in [0.2, 0.25) is 0 Å². The Bertz CT molecular complexity index is 449. The Morgan fingerprint density at radius 1 is 1.56 bits per heavy atom. The predicted molar refractivity (Wildman–Crippen MR) is 62.4 cm³/mol. The van der Waals surface area contributed by atoms with E-state index < -0.39 is 11.4 Å². The molecule has 1 heterocycles. The van der Waals surface area contributed by atoms with Crippen LogP contribution in [0.3, 0.4) is 0 Å². The number of rotatable bonds is 3. The highest BCUT2D eigenvalue weighted by molar-refractivity contribution is 5.94. The van der Waals surface area contributed by atoms with Gasteiger partial charge >= 0.3 is 0 Å². The molecular weight excluding hydrogens is 206 g/mol. The molecule has 0 aliphatic rings. The standard InChI is InChI=1S/C11H17N3O2/c1-7-4-9(15)8(5-13-7)10(16)14-11(2,3)6-12/h4-5H,6,12H2,1-3H3,(H,13,15)(H,14,16). The van der Waals surface area contributed by atoms with Gasteiger partial charge in [0.25, 0.3) is 5.91 Å². The molecule has 0 aliphatic heterocycles. The van der Waals surface area contributed by atoms with E-state index in [1.165, 1.54) is 12.3 Å². The molecular formula is C11H17N3O2. The molecule has 5 heteroatoms. The molecule has 0 bridgehead atoms. The van der Waals surface area contributed by atoms with Gasteiger partial charge in [0.1, 0.15) is 5.56 Å². The molecule has 0 fully saturated rings. The molecule has 1 amide bonds. The van der Waals surface area contributed by atoms with E-state index in [1.807, 2.05) is 0 Å². The van der Waals surface area contributed by atoms with E-state index in [4.69, 9.17) is 5.73 Å². The Kier molecular flexibility index (Phi) is 3.49. The topological polar surface area (TPSA) is 88.0 Å². The molecule has 1 aromatic heterocycles. The molecule has 1 aromatic rings. The fourth-order valence-corrected chi connectivity index (χ4v) is 1.18. The van der Waals surface area contributed by atoms with Crippen molar-refractivity contribution in [3.8, 4) is 0 Å². The number of amides is 1. The van der Waals surface area contributed by atoms with Crippen molar-refractivity contribution in [3.63, 3.8) is 0 Å². The van der Waals surface area contributed by atoms with E-state index in [0.29, 0.717) is 6.54 Å². The minimum Gasteiger partial charge on any atom is -0.364 e. The quantitative estimate of drug-likeness (QED) is 0.681. The van der Waals surface area contributed by atoms with Gasteiger partial charge in [-0.15, -0.1) is 0 Å². The highest BCUT2D eigenvalue weighted by Gasteiger charge is 2.20. The van der Waals surface area contributed by atoms with Gasteiger partial charge in [-0.25, -0.2) is 0 Å². The zero-order valence-electron chi connectivity index (χ0n) is 9.76. The number of hydrogen-bond donors (Lipinski definition) is 3. The zero-order chi connectivity index (χ0) is 12.3. The maximum atomic E-state index is 11.8. The van der Waals surface area contributed by atoms with Crippen molar-refractivity contribution in [1.29, 1.82) is 0 Å². The van der Waals surface area contributed by atoms with Gasteiger partial charge < -0.3 is 16.0 Å². The van der Waals surface area contributed by atoms with Crippen molar-refractivity contribution in [2.75, 3.05) is 6.54 Å².